The van der Waals surface area contributed by atoms with Crippen molar-refractivity contribution in [1.29, 1.82) is 0 Å². The lowest BCUT2D eigenvalue weighted by Crippen LogP contribution is -2.31. The SMILES string of the molecule is Cn1cncc1C(O)(c1ccc(Br)c(CCl)c1)c1ccc2cncc(-c3cccc(O)c3)c2c1. The molecule has 5 rings (SSSR count). The molecule has 0 bridgehead atoms. The first-order valence-electron chi connectivity index (χ1n) is 10.6. The highest BCUT2D eigenvalue weighted by Crippen LogP contribution is 2.40. The van der Waals surface area contributed by atoms with Crippen molar-refractivity contribution in [3.8, 4) is 16.9 Å². The largest absolute Gasteiger partial charge is 0.508 e. The molecule has 3 aromatic carbocycles. The number of aliphatic hydroxyl groups is 1. The van der Waals surface area contributed by atoms with Crippen LogP contribution in [-0.2, 0) is 18.5 Å². The molecule has 1 atom stereocenters. The van der Waals surface area contributed by atoms with Crippen LogP contribution in [-0.4, -0.2) is 24.7 Å². The van der Waals surface area contributed by atoms with Gasteiger partial charge in [0.05, 0.1) is 18.2 Å². The van der Waals surface area contributed by atoms with Gasteiger partial charge in [0, 0.05) is 40.7 Å². The standard InChI is InChI=1S/C27H21BrClN3O2/c1-32-16-31-15-26(32)27(34,20-7-8-25(28)19(9-20)12-29)21-6-5-18-13-30-14-24(23(18)11-21)17-3-2-4-22(33)10-17/h2-11,13-16,33-34H,12H2,1H3. The van der Waals surface area contributed by atoms with Crippen LogP contribution in [0.15, 0.2) is 90.1 Å². The van der Waals surface area contributed by atoms with Gasteiger partial charge in [-0.05, 0) is 58.0 Å². The van der Waals surface area contributed by atoms with Gasteiger partial charge >= 0.3 is 0 Å². The molecule has 2 aromatic heterocycles. The topological polar surface area (TPSA) is 71.2 Å². The molecule has 0 saturated heterocycles. The number of hydrogen-bond donors (Lipinski definition) is 2. The number of phenolic OH excluding ortho intramolecular Hbond substituents is 1. The summed E-state index contributed by atoms with van der Waals surface area (Å²) in [5.41, 5.74) is 3.08. The minimum Gasteiger partial charge on any atom is -0.508 e. The van der Waals surface area contributed by atoms with Gasteiger partial charge < -0.3 is 14.8 Å². The summed E-state index contributed by atoms with van der Waals surface area (Å²) >= 11 is 9.72. The van der Waals surface area contributed by atoms with Gasteiger partial charge in [-0.3, -0.25) is 4.98 Å². The fraction of sp³-hybridized carbons (Fsp3) is 0.111. The molecular formula is C27H21BrClN3O2. The lowest BCUT2D eigenvalue weighted by molar-refractivity contribution is 0.117. The third kappa shape index (κ3) is 3.78. The van der Waals surface area contributed by atoms with E-state index in [1.54, 1.807) is 43.1 Å². The molecule has 5 aromatic rings. The summed E-state index contributed by atoms with van der Waals surface area (Å²) in [5, 5.41) is 24.3. The van der Waals surface area contributed by atoms with Crippen LogP contribution < -0.4 is 0 Å². The van der Waals surface area contributed by atoms with E-state index in [2.05, 4.69) is 25.9 Å². The van der Waals surface area contributed by atoms with Gasteiger partial charge in [0.2, 0.25) is 0 Å². The first-order chi connectivity index (χ1) is 16.4. The van der Waals surface area contributed by atoms with Crippen molar-refractivity contribution >= 4 is 38.3 Å². The average Bonchev–Trinajstić information content (AvgIpc) is 3.29. The number of aromatic hydroxyl groups is 1. The number of halogens is 2. The highest BCUT2D eigenvalue weighted by Gasteiger charge is 2.37. The number of benzene rings is 3. The number of pyridine rings is 1. The zero-order valence-electron chi connectivity index (χ0n) is 18.3. The number of alkyl halides is 1. The van der Waals surface area contributed by atoms with E-state index >= 15 is 0 Å². The van der Waals surface area contributed by atoms with Gasteiger partial charge in [-0.2, -0.15) is 0 Å². The van der Waals surface area contributed by atoms with Crippen LogP contribution in [0.25, 0.3) is 21.9 Å². The van der Waals surface area contributed by atoms with Crippen molar-refractivity contribution in [2.45, 2.75) is 11.5 Å². The molecule has 0 saturated carbocycles. The van der Waals surface area contributed by atoms with Crippen molar-refractivity contribution in [3.63, 3.8) is 0 Å². The molecule has 0 aliphatic heterocycles. The van der Waals surface area contributed by atoms with E-state index in [0.29, 0.717) is 22.7 Å². The van der Waals surface area contributed by atoms with E-state index in [1.165, 1.54) is 0 Å². The second kappa shape index (κ2) is 8.87. The Kier molecular flexibility index (Phi) is 5.90. The molecular weight excluding hydrogens is 514 g/mol. The summed E-state index contributed by atoms with van der Waals surface area (Å²) in [6, 6.07) is 18.6. The minimum atomic E-state index is -1.49. The van der Waals surface area contributed by atoms with Crippen molar-refractivity contribution in [2.75, 3.05) is 0 Å². The summed E-state index contributed by atoms with van der Waals surface area (Å²) in [6.07, 6.45) is 6.91. The number of aryl methyl sites for hydroxylation is 1. The Labute approximate surface area is 210 Å². The predicted molar refractivity (Wildman–Crippen MR) is 138 cm³/mol. The van der Waals surface area contributed by atoms with Crippen LogP contribution in [0.5, 0.6) is 5.75 Å². The maximum absolute atomic E-state index is 12.4. The third-order valence-electron chi connectivity index (χ3n) is 6.13. The van der Waals surface area contributed by atoms with Crippen LogP contribution in [0.3, 0.4) is 0 Å². The van der Waals surface area contributed by atoms with Crippen LogP contribution in [0.4, 0.5) is 0 Å². The van der Waals surface area contributed by atoms with Gasteiger partial charge in [-0.1, -0.05) is 46.3 Å². The van der Waals surface area contributed by atoms with Crippen LogP contribution in [0.2, 0.25) is 0 Å². The van der Waals surface area contributed by atoms with Crippen molar-refractivity contribution in [2.24, 2.45) is 7.05 Å². The second-order valence-electron chi connectivity index (χ2n) is 8.21. The Morgan fingerprint density at radius 1 is 0.971 bits per heavy atom. The van der Waals surface area contributed by atoms with E-state index in [4.69, 9.17) is 11.6 Å². The Morgan fingerprint density at radius 2 is 1.76 bits per heavy atom. The van der Waals surface area contributed by atoms with Gasteiger partial charge in [-0.25, -0.2) is 4.98 Å². The molecule has 0 aliphatic rings. The summed E-state index contributed by atoms with van der Waals surface area (Å²) in [4.78, 5) is 8.65. The summed E-state index contributed by atoms with van der Waals surface area (Å²) in [5.74, 6) is 0.488. The fourth-order valence-corrected chi connectivity index (χ4v) is 5.13. The number of phenols is 1. The lowest BCUT2D eigenvalue weighted by atomic mass is 9.82. The highest BCUT2D eigenvalue weighted by molar-refractivity contribution is 9.10. The van der Waals surface area contributed by atoms with Crippen LogP contribution in [0, 0.1) is 0 Å². The molecule has 0 amide bonds. The quantitative estimate of drug-likeness (QED) is 0.266. The predicted octanol–water partition coefficient (Wildman–Crippen LogP) is 6.13. The molecule has 0 spiro atoms. The molecule has 0 radical (unpaired) electrons. The number of rotatable bonds is 5. The van der Waals surface area contributed by atoms with E-state index in [0.717, 1.165) is 31.9 Å². The molecule has 2 N–H and O–H groups in total. The Morgan fingerprint density at radius 3 is 2.50 bits per heavy atom. The van der Waals surface area contributed by atoms with Gasteiger partial charge in [0.25, 0.3) is 0 Å². The number of imidazole rings is 1. The third-order valence-corrected chi connectivity index (χ3v) is 7.19. The first kappa shape index (κ1) is 22.6. The zero-order chi connectivity index (χ0) is 23.9. The Balaban J connectivity index is 1.79. The average molecular weight is 535 g/mol. The molecule has 34 heavy (non-hydrogen) atoms. The maximum Gasteiger partial charge on any atom is 0.156 e. The second-order valence-corrected chi connectivity index (χ2v) is 9.33. The number of aromatic nitrogens is 3. The maximum atomic E-state index is 12.4. The summed E-state index contributed by atoms with van der Waals surface area (Å²) in [6.45, 7) is 0. The summed E-state index contributed by atoms with van der Waals surface area (Å²) < 4.78 is 2.70. The van der Waals surface area contributed by atoms with E-state index in [-0.39, 0.29) is 5.75 Å². The van der Waals surface area contributed by atoms with Gasteiger partial charge in [0.1, 0.15) is 5.75 Å². The monoisotopic (exact) mass is 533 g/mol. The van der Waals surface area contributed by atoms with Crippen molar-refractivity contribution in [1.82, 2.24) is 14.5 Å². The fourth-order valence-electron chi connectivity index (χ4n) is 4.36. The highest BCUT2D eigenvalue weighted by atomic mass is 79.9. The molecule has 2 heterocycles. The molecule has 170 valence electrons. The number of hydrogen-bond acceptors (Lipinski definition) is 4. The normalized spacial score (nSPS) is 13.2. The van der Waals surface area contributed by atoms with Crippen LogP contribution >= 0.6 is 27.5 Å². The lowest BCUT2D eigenvalue weighted by Gasteiger charge is -2.30. The minimum absolute atomic E-state index is 0.181. The smallest absolute Gasteiger partial charge is 0.156 e. The van der Waals surface area contributed by atoms with E-state index < -0.39 is 5.60 Å². The first-order valence-corrected chi connectivity index (χ1v) is 12.0. The number of nitrogens with zero attached hydrogens (tertiary/aromatic N) is 3. The zero-order valence-corrected chi connectivity index (χ0v) is 20.6. The molecule has 0 fully saturated rings. The molecule has 5 nitrogen and oxygen atoms in total. The summed E-state index contributed by atoms with van der Waals surface area (Å²) in [7, 11) is 1.86. The van der Waals surface area contributed by atoms with Crippen molar-refractivity contribution in [3.05, 3.63) is 112 Å². The Hall–Kier alpha value is -3.19. The molecule has 0 aliphatic carbocycles. The van der Waals surface area contributed by atoms with E-state index in [9.17, 15) is 10.2 Å². The Bertz CT molecular complexity index is 1520. The number of fused-ring (bicyclic) bond motifs is 1. The van der Waals surface area contributed by atoms with Crippen molar-refractivity contribution < 1.29 is 10.2 Å². The van der Waals surface area contributed by atoms with Crippen LogP contribution in [0.1, 0.15) is 22.4 Å². The van der Waals surface area contributed by atoms with Gasteiger partial charge in [0.15, 0.2) is 5.60 Å². The van der Waals surface area contributed by atoms with E-state index in [1.807, 2.05) is 54.1 Å². The molecule has 1 unspecified atom stereocenters. The molecule has 7 heteroatoms. The van der Waals surface area contributed by atoms with Gasteiger partial charge in [-0.15, -0.1) is 11.6 Å².